The smallest absolute Gasteiger partial charge is 0.119 e. The molecular weight excluding hydrogens is 346 g/mol. The summed E-state index contributed by atoms with van der Waals surface area (Å²) in [6, 6.07) is 20.8. The third-order valence-electron chi connectivity index (χ3n) is 7.18. The third kappa shape index (κ3) is 3.97. The van der Waals surface area contributed by atoms with Gasteiger partial charge in [0.05, 0.1) is 0 Å². The van der Waals surface area contributed by atoms with Crippen LogP contribution in [0, 0.1) is 23.7 Å². The largest absolute Gasteiger partial charge is 0.491 e. The Balaban J connectivity index is 1.05. The van der Waals surface area contributed by atoms with Crippen LogP contribution >= 0.6 is 0 Å². The van der Waals surface area contributed by atoms with E-state index in [4.69, 9.17) is 4.74 Å². The molecule has 2 aliphatic heterocycles. The van der Waals surface area contributed by atoms with Gasteiger partial charge in [0.25, 0.3) is 0 Å². The summed E-state index contributed by atoms with van der Waals surface area (Å²) in [4.78, 5) is 2.47. The molecule has 28 heavy (non-hydrogen) atoms. The van der Waals surface area contributed by atoms with E-state index in [0.29, 0.717) is 6.61 Å². The van der Waals surface area contributed by atoms with E-state index in [1.165, 1.54) is 19.3 Å². The number of ether oxygens (including phenoxy) is 1. The first kappa shape index (κ1) is 18.2. The van der Waals surface area contributed by atoms with Gasteiger partial charge in [-0.15, -0.1) is 0 Å². The molecule has 6 rings (SSSR count). The molecule has 0 radical (unpaired) electrons. The molecule has 2 aromatic rings. The fourth-order valence-corrected chi connectivity index (χ4v) is 5.65. The first-order valence-electron chi connectivity index (χ1n) is 10.9. The van der Waals surface area contributed by atoms with Crippen molar-refractivity contribution >= 4 is 0 Å². The molecule has 2 bridgehead atoms. The van der Waals surface area contributed by atoms with Crippen molar-refractivity contribution in [3.05, 3.63) is 66.2 Å². The van der Waals surface area contributed by atoms with Crippen molar-refractivity contribution in [3.63, 3.8) is 0 Å². The highest BCUT2D eigenvalue weighted by molar-refractivity contribution is 5.26. The van der Waals surface area contributed by atoms with Crippen molar-refractivity contribution in [1.82, 2.24) is 4.90 Å². The number of aliphatic hydroxyl groups excluding tert-OH is 1. The van der Waals surface area contributed by atoms with Crippen molar-refractivity contribution in [2.45, 2.75) is 31.3 Å². The summed E-state index contributed by atoms with van der Waals surface area (Å²) < 4.78 is 5.71. The minimum atomic E-state index is -0.415. The van der Waals surface area contributed by atoms with E-state index >= 15 is 0 Å². The van der Waals surface area contributed by atoms with Crippen LogP contribution in [0.1, 0.15) is 30.7 Å². The van der Waals surface area contributed by atoms with E-state index in [-0.39, 0.29) is 0 Å². The van der Waals surface area contributed by atoms with Gasteiger partial charge in [-0.3, -0.25) is 0 Å². The summed E-state index contributed by atoms with van der Waals surface area (Å²) in [5, 5.41) is 10.4. The number of para-hydroxylation sites is 1. The Bertz CT molecular complexity index is 753. The summed E-state index contributed by atoms with van der Waals surface area (Å²) in [6.45, 7) is 3.43. The number of nitrogens with zero attached hydrogens (tertiary/aromatic N) is 1. The maximum absolute atomic E-state index is 10.4. The summed E-state index contributed by atoms with van der Waals surface area (Å²) in [5.41, 5.74) is 1.54. The van der Waals surface area contributed by atoms with Crippen LogP contribution in [0.25, 0.3) is 0 Å². The van der Waals surface area contributed by atoms with Crippen LogP contribution in [0.15, 0.2) is 60.7 Å². The molecule has 4 aliphatic rings. The second-order valence-electron chi connectivity index (χ2n) is 9.16. The van der Waals surface area contributed by atoms with E-state index in [2.05, 4.69) is 35.2 Å². The molecule has 1 N–H and O–H groups in total. The molecular formula is C25H31NO2. The van der Waals surface area contributed by atoms with E-state index < -0.39 is 6.10 Å². The molecule has 2 saturated heterocycles. The standard InChI is InChI=1S/C25H31NO2/c27-22(17-28-23-9-5-2-6-10-23)16-26-14-20-11-21(15-26)25(20)13-19-12-24(19)18-7-3-1-4-8-18/h1-10,19-22,24-25,27H,11-17H2/t19-,20-,21+,22?,24?,25?/m0/s1. The van der Waals surface area contributed by atoms with Crippen LogP contribution in [0.3, 0.4) is 0 Å². The number of hydrogen-bond donors (Lipinski definition) is 1. The Morgan fingerprint density at radius 3 is 2.32 bits per heavy atom. The van der Waals surface area contributed by atoms with Gasteiger partial charge >= 0.3 is 0 Å². The van der Waals surface area contributed by atoms with E-state index in [0.717, 1.165) is 55.0 Å². The maximum Gasteiger partial charge on any atom is 0.119 e. The summed E-state index contributed by atoms with van der Waals surface area (Å²) in [6.07, 6.45) is 3.80. The molecule has 4 fully saturated rings. The molecule has 3 unspecified atom stereocenters. The van der Waals surface area contributed by atoms with Gasteiger partial charge in [-0.1, -0.05) is 48.5 Å². The van der Waals surface area contributed by atoms with Gasteiger partial charge in [0, 0.05) is 19.6 Å². The molecule has 6 atom stereocenters. The molecule has 3 nitrogen and oxygen atoms in total. The lowest BCUT2D eigenvalue weighted by molar-refractivity contribution is -0.0652. The molecule has 2 saturated carbocycles. The second kappa shape index (κ2) is 7.88. The average Bonchev–Trinajstić information content (AvgIpc) is 3.52. The van der Waals surface area contributed by atoms with Crippen molar-refractivity contribution < 1.29 is 9.84 Å². The maximum atomic E-state index is 10.4. The monoisotopic (exact) mass is 377 g/mol. The minimum Gasteiger partial charge on any atom is -0.491 e. The first-order valence-corrected chi connectivity index (χ1v) is 10.9. The topological polar surface area (TPSA) is 32.7 Å². The normalized spacial score (nSPS) is 32.4. The second-order valence-corrected chi connectivity index (χ2v) is 9.16. The Morgan fingerprint density at radius 2 is 1.61 bits per heavy atom. The zero-order valence-electron chi connectivity index (χ0n) is 16.5. The number of piperidine rings is 2. The van der Waals surface area contributed by atoms with Crippen LogP contribution in [0.2, 0.25) is 0 Å². The zero-order valence-corrected chi connectivity index (χ0v) is 16.5. The Morgan fingerprint density at radius 1 is 0.929 bits per heavy atom. The predicted octanol–water partition coefficient (Wildman–Crippen LogP) is 4.19. The summed E-state index contributed by atoms with van der Waals surface area (Å²) in [5.74, 6) is 5.17. The lowest BCUT2D eigenvalue weighted by atomic mass is 9.59. The molecule has 2 aliphatic carbocycles. The third-order valence-corrected chi connectivity index (χ3v) is 7.18. The van der Waals surface area contributed by atoms with Crippen LogP contribution in [-0.2, 0) is 0 Å². The van der Waals surface area contributed by atoms with Gasteiger partial charge in [-0.25, -0.2) is 0 Å². The number of aliphatic hydroxyl groups is 1. The molecule has 2 aromatic carbocycles. The van der Waals surface area contributed by atoms with Crippen LogP contribution < -0.4 is 4.74 Å². The SMILES string of the molecule is OC(COc1ccccc1)CN1C[C@H]2C[C@@H](C1)C2C[C@@H]1CC1c1ccccc1. The van der Waals surface area contributed by atoms with Gasteiger partial charge < -0.3 is 14.7 Å². The lowest BCUT2D eigenvalue weighted by Crippen LogP contribution is -2.56. The molecule has 2 heterocycles. The number of hydrogen-bond acceptors (Lipinski definition) is 3. The molecule has 0 spiro atoms. The van der Waals surface area contributed by atoms with E-state index in [1.54, 1.807) is 5.56 Å². The minimum absolute atomic E-state index is 0.375. The highest BCUT2D eigenvalue weighted by Crippen LogP contribution is 2.57. The van der Waals surface area contributed by atoms with Gasteiger partial charge in [-0.2, -0.15) is 0 Å². The summed E-state index contributed by atoms with van der Waals surface area (Å²) in [7, 11) is 0. The number of rotatable bonds is 8. The van der Waals surface area contributed by atoms with Gasteiger partial charge in [0.2, 0.25) is 0 Å². The highest BCUT2D eigenvalue weighted by Gasteiger charge is 2.50. The fourth-order valence-electron chi connectivity index (χ4n) is 5.65. The molecule has 0 amide bonds. The zero-order chi connectivity index (χ0) is 18.9. The number of fused-ring (bicyclic) bond motifs is 2. The molecule has 3 heteroatoms. The van der Waals surface area contributed by atoms with Gasteiger partial charge in [0.1, 0.15) is 18.5 Å². The average molecular weight is 378 g/mol. The number of benzene rings is 2. The van der Waals surface area contributed by atoms with Crippen LogP contribution in [0.5, 0.6) is 5.75 Å². The van der Waals surface area contributed by atoms with E-state index in [1.807, 2.05) is 30.3 Å². The van der Waals surface area contributed by atoms with Crippen LogP contribution in [-0.4, -0.2) is 42.4 Å². The summed E-state index contributed by atoms with van der Waals surface area (Å²) >= 11 is 0. The van der Waals surface area contributed by atoms with Crippen molar-refractivity contribution in [2.24, 2.45) is 23.7 Å². The van der Waals surface area contributed by atoms with Crippen molar-refractivity contribution in [2.75, 3.05) is 26.2 Å². The van der Waals surface area contributed by atoms with Gasteiger partial charge in [-0.05, 0) is 66.5 Å². The predicted molar refractivity (Wildman–Crippen MR) is 111 cm³/mol. The van der Waals surface area contributed by atoms with Crippen LogP contribution in [0.4, 0.5) is 0 Å². The molecule has 148 valence electrons. The van der Waals surface area contributed by atoms with Gasteiger partial charge in [0.15, 0.2) is 0 Å². The Hall–Kier alpha value is -1.84. The lowest BCUT2D eigenvalue weighted by Gasteiger charge is -2.54. The first-order chi connectivity index (χ1) is 13.8. The Labute approximate surface area is 168 Å². The Kier molecular flexibility index (Phi) is 5.13. The highest BCUT2D eigenvalue weighted by atomic mass is 16.5. The van der Waals surface area contributed by atoms with Crippen molar-refractivity contribution in [3.8, 4) is 5.75 Å². The van der Waals surface area contributed by atoms with E-state index in [9.17, 15) is 5.11 Å². The quantitative estimate of drug-likeness (QED) is 0.749. The molecule has 0 aromatic heterocycles. The fraction of sp³-hybridized carbons (Fsp3) is 0.520. The van der Waals surface area contributed by atoms with Crippen molar-refractivity contribution in [1.29, 1.82) is 0 Å².